The molecule has 0 amide bonds. The van der Waals surface area contributed by atoms with Gasteiger partial charge in [-0.05, 0) is 41.6 Å². The van der Waals surface area contributed by atoms with Gasteiger partial charge in [0, 0.05) is 6.54 Å². The first kappa shape index (κ1) is 12.5. The zero-order chi connectivity index (χ0) is 12.1. The number of rotatable bonds is 5. The Balaban J connectivity index is 1.91. The fraction of sp³-hybridized carbons (Fsp3) is 0.917. The molecule has 17 heavy (non-hydrogen) atoms. The average Bonchev–Trinajstić information content (AvgIpc) is 2.74. The molecule has 2 unspecified atom stereocenters. The Morgan fingerprint density at radius 3 is 3.06 bits per heavy atom. The molecule has 1 N–H and O–H groups in total. The lowest BCUT2D eigenvalue weighted by molar-refractivity contribution is 0.246. The second-order valence-corrected chi connectivity index (χ2v) is 5.20. The summed E-state index contributed by atoms with van der Waals surface area (Å²) < 4.78 is 1.98. The summed E-state index contributed by atoms with van der Waals surface area (Å²) in [6, 6.07) is 0. The molecule has 1 aliphatic rings. The van der Waals surface area contributed by atoms with E-state index in [4.69, 9.17) is 0 Å². The van der Waals surface area contributed by atoms with E-state index in [2.05, 4.69) is 34.7 Å². The van der Waals surface area contributed by atoms with Crippen LogP contribution in [-0.4, -0.2) is 26.8 Å². The SMILES string of the molecule is CCNCc1nnnn1CC1CCCC(C)C1. The van der Waals surface area contributed by atoms with Crippen molar-refractivity contribution in [2.24, 2.45) is 11.8 Å². The minimum absolute atomic E-state index is 0.752. The predicted molar refractivity (Wildman–Crippen MR) is 66.3 cm³/mol. The van der Waals surface area contributed by atoms with Gasteiger partial charge in [0.2, 0.25) is 0 Å². The molecular formula is C12H23N5. The van der Waals surface area contributed by atoms with Gasteiger partial charge in [0.25, 0.3) is 0 Å². The second-order valence-electron chi connectivity index (χ2n) is 5.20. The van der Waals surface area contributed by atoms with Crippen molar-refractivity contribution in [1.82, 2.24) is 25.5 Å². The molecule has 2 rings (SSSR count). The summed E-state index contributed by atoms with van der Waals surface area (Å²) in [5.74, 6) is 2.58. The lowest BCUT2D eigenvalue weighted by Crippen LogP contribution is -2.22. The molecule has 0 bridgehead atoms. The first-order chi connectivity index (χ1) is 8.29. The van der Waals surface area contributed by atoms with Crippen molar-refractivity contribution in [2.75, 3.05) is 6.54 Å². The fourth-order valence-corrected chi connectivity index (χ4v) is 2.70. The lowest BCUT2D eigenvalue weighted by Gasteiger charge is -2.26. The first-order valence-corrected chi connectivity index (χ1v) is 6.75. The van der Waals surface area contributed by atoms with Gasteiger partial charge in [0.1, 0.15) is 0 Å². The van der Waals surface area contributed by atoms with Crippen LogP contribution < -0.4 is 5.32 Å². The van der Waals surface area contributed by atoms with Gasteiger partial charge in [-0.2, -0.15) is 0 Å². The molecular weight excluding hydrogens is 214 g/mol. The average molecular weight is 237 g/mol. The van der Waals surface area contributed by atoms with Gasteiger partial charge < -0.3 is 5.32 Å². The monoisotopic (exact) mass is 237 g/mol. The van der Waals surface area contributed by atoms with Crippen molar-refractivity contribution in [3.63, 3.8) is 0 Å². The van der Waals surface area contributed by atoms with Crippen molar-refractivity contribution < 1.29 is 0 Å². The van der Waals surface area contributed by atoms with Gasteiger partial charge in [-0.15, -0.1) is 5.10 Å². The number of hydrogen-bond acceptors (Lipinski definition) is 4. The third-order valence-corrected chi connectivity index (χ3v) is 3.62. The molecule has 1 aromatic rings. The summed E-state index contributed by atoms with van der Waals surface area (Å²) in [6.07, 6.45) is 5.39. The molecule has 1 fully saturated rings. The van der Waals surface area contributed by atoms with E-state index in [1.54, 1.807) is 0 Å². The Bertz CT molecular complexity index is 335. The van der Waals surface area contributed by atoms with Gasteiger partial charge in [-0.1, -0.05) is 26.7 Å². The zero-order valence-corrected chi connectivity index (χ0v) is 10.9. The molecule has 0 saturated heterocycles. The maximum absolute atomic E-state index is 4.10. The summed E-state index contributed by atoms with van der Waals surface area (Å²) in [4.78, 5) is 0. The Kier molecular flexibility index (Phi) is 4.48. The summed E-state index contributed by atoms with van der Waals surface area (Å²) >= 11 is 0. The van der Waals surface area contributed by atoms with Crippen molar-refractivity contribution in [3.05, 3.63) is 5.82 Å². The van der Waals surface area contributed by atoms with E-state index in [9.17, 15) is 0 Å². The van der Waals surface area contributed by atoms with E-state index in [0.717, 1.165) is 37.3 Å². The van der Waals surface area contributed by atoms with Crippen molar-refractivity contribution in [3.8, 4) is 0 Å². The minimum Gasteiger partial charge on any atom is -0.310 e. The number of hydrogen-bond donors (Lipinski definition) is 1. The molecule has 1 aliphatic carbocycles. The van der Waals surface area contributed by atoms with Crippen LogP contribution in [0.1, 0.15) is 45.4 Å². The van der Waals surface area contributed by atoms with Crippen LogP contribution >= 0.6 is 0 Å². The van der Waals surface area contributed by atoms with Crippen molar-refractivity contribution >= 4 is 0 Å². The van der Waals surface area contributed by atoms with Crippen LogP contribution in [0, 0.1) is 11.8 Å². The second kappa shape index (κ2) is 6.10. The van der Waals surface area contributed by atoms with Crippen LogP contribution in [0.25, 0.3) is 0 Å². The van der Waals surface area contributed by atoms with Crippen LogP contribution in [-0.2, 0) is 13.1 Å². The van der Waals surface area contributed by atoms with E-state index in [1.165, 1.54) is 25.7 Å². The number of aromatic nitrogens is 4. The Morgan fingerprint density at radius 1 is 1.41 bits per heavy atom. The largest absolute Gasteiger partial charge is 0.310 e. The fourth-order valence-electron chi connectivity index (χ4n) is 2.70. The Hall–Kier alpha value is -0.970. The summed E-state index contributed by atoms with van der Waals surface area (Å²) in [5, 5.41) is 15.2. The van der Waals surface area contributed by atoms with Crippen LogP contribution in [0.2, 0.25) is 0 Å². The maximum Gasteiger partial charge on any atom is 0.165 e. The van der Waals surface area contributed by atoms with Gasteiger partial charge in [-0.3, -0.25) is 0 Å². The highest BCUT2D eigenvalue weighted by molar-refractivity contribution is 4.81. The maximum atomic E-state index is 4.10. The molecule has 5 heteroatoms. The van der Waals surface area contributed by atoms with Crippen molar-refractivity contribution in [2.45, 2.75) is 52.6 Å². The van der Waals surface area contributed by atoms with Crippen molar-refractivity contribution in [1.29, 1.82) is 0 Å². The first-order valence-electron chi connectivity index (χ1n) is 6.75. The summed E-state index contributed by atoms with van der Waals surface area (Å²) in [6.45, 7) is 7.15. The van der Waals surface area contributed by atoms with E-state index < -0.39 is 0 Å². The highest BCUT2D eigenvalue weighted by Crippen LogP contribution is 2.29. The normalized spacial score (nSPS) is 25.1. The third kappa shape index (κ3) is 3.49. The number of nitrogens with one attached hydrogen (secondary N) is 1. The highest BCUT2D eigenvalue weighted by atomic mass is 15.5. The van der Waals surface area contributed by atoms with Gasteiger partial charge in [-0.25, -0.2) is 4.68 Å². The molecule has 1 aromatic heterocycles. The van der Waals surface area contributed by atoms with Crippen LogP contribution in [0.15, 0.2) is 0 Å². The Labute approximate surface area is 103 Å². The van der Waals surface area contributed by atoms with E-state index >= 15 is 0 Å². The van der Waals surface area contributed by atoms with E-state index in [-0.39, 0.29) is 0 Å². The number of nitrogens with zero attached hydrogens (tertiary/aromatic N) is 4. The van der Waals surface area contributed by atoms with E-state index in [1.807, 2.05) is 4.68 Å². The molecule has 0 aliphatic heterocycles. The molecule has 2 atom stereocenters. The minimum atomic E-state index is 0.752. The van der Waals surface area contributed by atoms with Gasteiger partial charge >= 0.3 is 0 Å². The van der Waals surface area contributed by atoms with Crippen LogP contribution in [0.3, 0.4) is 0 Å². The van der Waals surface area contributed by atoms with Crippen LogP contribution in [0.4, 0.5) is 0 Å². The lowest BCUT2D eigenvalue weighted by atomic mass is 9.82. The van der Waals surface area contributed by atoms with E-state index in [0.29, 0.717) is 0 Å². The molecule has 96 valence electrons. The van der Waals surface area contributed by atoms with Gasteiger partial charge in [0.05, 0.1) is 6.54 Å². The quantitative estimate of drug-likeness (QED) is 0.845. The standard InChI is InChI=1S/C12H23N5/c1-3-13-8-12-14-15-16-17(12)9-11-6-4-5-10(2)7-11/h10-11,13H,3-9H2,1-2H3. The zero-order valence-electron chi connectivity index (χ0n) is 10.9. The summed E-state index contributed by atoms with van der Waals surface area (Å²) in [7, 11) is 0. The topological polar surface area (TPSA) is 55.6 Å². The molecule has 0 spiro atoms. The predicted octanol–water partition coefficient (Wildman–Crippen LogP) is 1.61. The Morgan fingerprint density at radius 2 is 2.29 bits per heavy atom. The number of tetrazole rings is 1. The molecule has 0 aromatic carbocycles. The molecule has 0 radical (unpaired) electrons. The molecule has 1 heterocycles. The third-order valence-electron chi connectivity index (χ3n) is 3.62. The van der Waals surface area contributed by atoms with Crippen LogP contribution in [0.5, 0.6) is 0 Å². The molecule has 5 nitrogen and oxygen atoms in total. The summed E-state index contributed by atoms with van der Waals surface area (Å²) in [5.41, 5.74) is 0. The smallest absolute Gasteiger partial charge is 0.165 e. The highest BCUT2D eigenvalue weighted by Gasteiger charge is 2.20. The van der Waals surface area contributed by atoms with Gasteiger partial charge in [0.15, 0.2) is 5.82 Å². The molecule has 1 saturated carbocycles.